The fourth-order valence-corrected chi connectivity index (χ4v) is 5.08. The third kappa shape index (κ3) is 3.78. The summed E-state index contributed by atoms with van der Waals surface area (Å²) in [5, 5.41) is 7.51. The Morgan fingerprint density at radius 3 is 1.88 bits per heavy atom. The van der Waals surface area contributed by atoms with Gasteiger partial charge in [-0.15, -0.1) is 10.2 Å². The highest BCUT2D eigenvalue weighted by Crippen LogP contribution is 2.36. The van der Waals surface area contributed by atoms with Crippen molar-refractivity contribution in [1.29, 1.82) is 0 Å². The van der Waals surface area contributed by atoms with E-state index in [9.17, 15) is 34.4 Å². The van der Waals surface area contributed by atoms with E-state index in [0.717, 1.165) is 35.1 Å². The SMILES string of the molecule is Nc1cc(S(=O)(=O)O)c2c(c1)c(S(=O)(=O)O)cc1nn(-c3ccc(S(=O)(=O)O)cc3)nc12. The van der Waals surface area contributed by atoms with Crippen molar-refractivity contribution in [3.63, 3.8) is 0 Å². The summed E-state index contributed by atoms with van der Waals surface area (Å²) < 4.78 is 98.6. The number of hydrogen-bond acceptors (Lipinski definition) is 9. The standard InChI is InChI=1S/C16H12N4O9S3/c17-8-5-11-13(31(24,25)26)7-12-16(15(11)14(6-8)32(27,28)29)19-20(18-12)9-1-3-10(4-2-9)30(21,22)23/h1-7H,17H2,(H,21,22,23)(H,24,25,26)(H,27,28,29). The highest BCUT2D eigenvalue weighted by Gasteiger charge is 2.26. The molecule has 0 atom stereocenters. The van der Waals surface area contributed by atoms with Gasteiger partial charge in [0.1, 0.15) is 20.8 Å². The van der Waals surface area contributed by atoms with Gasteiger partial charge in [0.2, 0.25) is 0 Å². The first kappa shape index (κ1) is 22.1. The molecular weight excluding hydrogens is 488 g/mol. The van der Waals surface area contributed by atoms with Crippen LogP contribution in [0.5, 0.6) is 0 Å². The van der Waals surface area contributed by atoms with Gasteiger partial charge in [-0.05, 0) is 42.5 Å². The van der Waals surface area contributed by atoms with Crippen molar-refractivity contribution >= 4 is 57.8 Å². The molecule has 0 aliphatic rings. The zero-order valence-electron chi connectivity index (χ0n) is 15.5. The van der Waals surface area contributed by atoms with Crippen molar-refractivity contribution in [3.8, 4) is 5.69 Å². The van der Waals surface area contributed by atoms with Crippen LogP contribution in [-0.4, -0.2) is 53.9 Å². The Bertz CT molecular complexity index is 1740. The molecule has 0 bridgehead atoms. The first-order valence-corrected chi connectivity index (χ1v) is 12.6. The average Bonchev–Trinajstić information content (AvgIpc) is 3.08. The molecule has 0 aliphatic carbocycles. The van der Waals surface area contributed by atoms with Crippen molar-refractivity contribution in [2.24, 2.45) is 0 Å². The Hall–Kier alpha value is -3.15. The first-order chi connectivity index (χ1) is 14.7. The van der Waals surface area contributed by atoms with Crippen LogP contribution in [-0.2, 0) is 30.4 Å². The maximum Gasteiger partial charge on any atom is 0.295 e. The van der Waals surface area contributed by atoms with Crippen molar-refractivity contribution in [2.75, 3.05) is 5.73 Å². The lowest BCUT2D eigenvalue weighted by atomic mass is 10.1. The summed E-state index contributed by atoms with van der Waals surface area (Å²) in [6, 6.07) is 7.51. The van der Waals surface area contributed by atoms with E-state index in [1.165, 1.54) is 12.1 Å². The Kier molecular flexibility index (Phi) is 4.77. The normalized spacial score (nSPS) is 13.1. The molecule has 0 unspecified atom stereocenters. The zero-order chi connectivity index (χ0) is 23.6. The molecule has 168 valence electrons. The maximum atomic E-state index is 12.0. The molecule has 0 saturated carbocycles. The lowest BCUT2D eigenvalue weighted by molar-refractivity contribution is 0.481. The summed E-state index contributed by atoms with van der Waals surface area (Å²) in [5.41, 5.74) is 5.30. The van der Waals surface area contributed by atoms with Crippen LogP contribution in [0, 0.1) is 0 Å². The van der Waals surface area contributed by atoms with Gasteiger partial charge in [-0.1, -0.05) is 0 Å². The van der Waals surface area contributed by atoms with E-state index < -0.39 is 45.0 Å². The van der Waals surface area contributed by atoms with Gasteiger partial charge in [-0.3, -0.25) is 13.7 Å². The smallest absolute Gasteiger partial charge is 0.295 e. The van der Waals surface area contributed by atoms with Crippen molar-refractivity contribution in [3.05, 3.63) is 42.5 Å². The largest absolute Gasteiger partial charge is 0.399 e. The van der Waals surface area contributed by atoms with Crippen LogP contribution in [0.3, 0.4) is 0 Å². The molecule has 16 heteroatoms. The number of aromatic nitrogens is 3. The fourth-order valence-electron chi connectivity index (χ4n) is 3.15. The van der Waals surface area contributed by atoms with Gasteiger partial charge in [-0.25, -0.2) is 0 Å². The minimum atomic E-state index is -4.91. The van der Waals surface area contributed by atoms with Gasteiger partial charge < -0.3 is 5.73 Å². The molecule has 32 heavy (non-hydrogen) atoms. The number of nitrogens with two attached hydrogens (primary N) is 1. The Morgan fingerprint density at radius 1 is 0.750 bits per heavy atom. The van der Waals surface area contributed by atoms with Gasteiger partial charge in [0.25, 0.3) is 30.4 Å². The van der Waals surface area contributed by atoms with E-state index >= 15 is 0 Å². The minimum Gasteiger partial charge on any atom is -0.399 e. The van der Waals surface area contributed by atoms with Crippen LogP contribution < -0.4 is 5.73 Å². The topological polar surface area (TPSA) is 220 Å². The van der Waals surface area contributed by atoms with E-state index in [-0.39, 0.29) is 33.2 Å². The molecule has 4 rings (SSSR count). The lowest BCUT2D eigenvalue weighted by Crippen LogP contribution is -2.05. The van der Waals surface area contributed by atoms with Crippen LogP contribution in [0.25, 0.3) is 27.5 Å². The molecule has 0 radical (unpaired) electrons. The third-order valence-electron chi connectivity index (χ3n) is 4.46. The number of nitrogens with zero attached hydrogens (tertiary/aromatic N) is 3. The zero-order valence-corrected chi connectivity index (χ0v) is 17.9. The number of fused-ring (bicyclic) bond motifs is 3. The maximum absolute atomic E-state index is 12.0. The molecule has 0 fully saturated rings. The fraction of sp³-hybridized carbons (Fsp3) is 0. The summed E-state index contributed by atoms with van der Waals surface area (Å²) in [7, 11) is -14.2. The number of benzene rings is 3. The second-order valence-electron chi connectivity index (χ2n) is 6.59. The van der Waals surface area contributed by atoms with Gasteiger partial charge in [-0.2, -0.15) is 30.0 Å². The molecule has 5 N–H and O–H groups in total. The summed E-state index contributed by atoms with van der Waals surface area (Å²) in [6.07, 6.45) is 0. The molecule has 0 amide bonds. The second kappa shape index (κ2) is 6.92. The van der Waals surface area contributed by atoms with Gasteiger partial charge in [0.05, 0.1) is 10.6 Å². The molecule has 0 saturated heterocycles. The van der Waals surface area contributed by atoms with E-state index in [1.54, 1.807) is 0 Å². The number of anilines is 1. The molecule has 13 nitrogen and oxygen atoms in total. The summed E-state index contributed by atoms with van der Waals surface area (Å²) in [6.45, 7) is 0. The number of rotatable bonds is 4. The quantitative estimate of drug-likeness (QED) is 0.227. The van der Waals surface area contributed by atoms with Crippen LogP contribution in [0.4, 0.5) is 5.69 Å². The lowest BCUT2D eigenvalue weighted by Gasteiger charge is -2.09. The highest BCUT2D eigenvalue weighted by molar-refractivity contribution is 7.86. The predicted molar refractivity (Wildman–Crippen MR) is 110 cm³/mol. The van der Waals surface area contributed by atoms with Crippen LogP contribution in [0.1, 0.15) is 0 Å². The van der Waals surface area contributed by atoms with E-state index in [2.05, 4.69) is 10.2 Å². The Morgan fingerprint density at radius 2 is 1.34 bits per heavy atom. The van der Waals surface area contributed by atoms with Gasteiger partial charge in [0.15, 0.2) is 0 Å². The molecule has 0 aliphatic heterocycles. The highest BCUT2D eigenvalue weighted by atomic mass is 32.2. The molecule has 1 aromatic heterocycles. The molecule has 0 spiro atoms. The second-order valence-corrected chi connectivity index (χ2v) is 10.8. The van der Waals surface area contributed by atoms with E-state index in [1.807, 2.05) is 0 Å². The van der Waals surface area contributed by atoms with Gasteiger partial charge in [0, 0.05) is 16.5 Å². The molecule has 4 aromatic rings. The Labute approximate surface area is 180 Å². The predicted octanol–water partition coefficient (Wildman–Crippen LogP) is 0.896. The van der Waals surface area contributed by atoms with Crippen molar-refractivity contribution in [1.82, 2.24) is 15.0 Å². The summed E-state index contributed by atoms with van der Waals surface area (Å²) in [4.78, 5) is -0.931. The van der Waals surface area contributed by atoms with Crippen molar-refractivity contribution < 1.29 is 38.9 Å². The summed E-state index contributed by atoms with van der Waals surface area (Å²) >= 11 is 0. The number of hydrogen-bond donors (Lipinski definition) is 4. The van der Waals surface area contributed by atoms with E-state index in [0.29, 0.717) is 0 Å². The summed E-state index contributed by atoms with van der Waals surface area (Å²) in [5.74, 6) is 0. The van der Waals surface area contributed by atoms with Crippen LogP contribution in [0.15, 0.2) is 57.2 Å². The van der Waals surface area contributed by atoms with Crippen LogP contribution in [0.2, 0.25) is 0 Å². The molecule has 3 aromatic carbocycles. The average molecular weight is 500 g/mol. The van der Waals surface area contributed by atoms with E-state index in [4.69, 9.17) is 10.3 Å². The van der Waals surface area contributed by atoms with Crippen LogP contribution >= 0.6 is 0 Å². The third-order valence-corrected chi connectivity index (χ3v) is 7.09. The minimum absolute atomic E-state index is 0.154. The molecule has 1 heterocycles. The molecular formula is C16H12N4O9S3. The monoisotopic (exact) mass is 500 g/mol. The Balaban J connectivity index is 2.12. The van der Waals surface area contributed by atoms with Gasteiger partial charge >= 0.3 is 0 Å². The van der Waals surface area contributed by atoms with Crippen molar-refractivity contribution in [2.45, 2.75) is 14.7 Å². The number of nitrogen functional groups attached to an aromatic ring is 1. The first-order valence-electron chi connectivity index (χ1n) is 8.32.